The monoisotopic (exact) mass is 488 g/mol. The number of ether oxygens (including phenoxy) is 1. The number of hydrogen-bond acceptors (Lipinski definition) is 5. The summed E-state index contributed by atoms with van der Waals surface area (Å²) in [7, 11) is 1.08. The molecule has 0 bridgehead atoms. The number of rotatable bonds is 5. The number of thiocyanates is 1. The van der Waals surface area contributed by atoms with Gasteiger partial charge in [0, 0.05) is 22.1 Å². The maximum atomic E-state index is 14.3. The first kappa shape index (κ1) is 24.2. The van der Waals surface area contributed by atoms with Crippen LogP contribution in [-0.2, 0) is 4.79 Å². The second-order valence-electron chi connectivity index (χ2n) is 7.27. The molecule has 0 aliphatic carbocycles. The fraction of sp³-hybridized carbons (Fsp3) is 0.333. The van der Waals surface area contributed by atoms with Crippen molar-refractivity contribution in [3.05, 3.63) is 53.6 Å². The van der Waals surface area contributed by atoms with Gasteiger partial charge >= 0.3 is 6.18 Å². The molecule has 0 unspecified atom stereocenters. The van der Waals surface area contributed by atoms with E-state index in [1.807, 2.05) is 5.40 Å². The number of halogens is 5. The lowest BCUT2D eigenvalue weighted by Gasteiger charge is -2.26. The van der Waals surface area contributed by atoms with E-state index in [0.29, 0.717) is 22.3 Å². The molecule has 0 radical (unpaired) electrons. The molecule has 2 aromatic carbocycles. The Morgan fingerprint density at radius 1 is 1.31 bits per heavy atom. The van der Waals surface area contributed by atoms with Crippen LogP contribution in [0.15, 0.2) is 41.3 Å². The third kappa shape index (κ3) is 4.66. The normalized spacial score (nSPS) is 22.9. The molecule has 4 nitrogen and oxygen atoms in total. The van der Waals surface area contributed by atoms with E-state index in [-0.39, 0.29) is 5.56 Å². The van der Waals surface area contributed by atoms with Crippen molar-refractivity contribution in [1.82, 2.24) is 0 Å². The fourth-order valence-corrected chi connectivity index (χ4v) is 5.56. The Hall–Kier alpha value is -2.45. The molecular weight excluding hydrogens is 471 g/mol. The number of carbonyl (C=O) groups is 1. The van der Waals surface area contributed by atoms with Crippen LogP contribution >= 0.6 is 23.5 Å². The zero-order chi connectivity index (χ0) is 23.7. The molecule has 0 spiro atoms. The summed E-state index contributed by atoms with van der Waals surface area (Å²) < 4.78 is 72.0. The Morgan fingerprint density at radius 2 is 2.03 bits per heavy atom. The first-order valence-corrected chi connectivity index (χ1v) is 10.9. The van der Waals surface area contributed by atoms with Gasteiger partial charge in [-0.05, 0) is 49.4 Å². The highest BCUT2D eigenvalue weighted by Gasteiger charge is 2.60. The zero-order valence-electron chi connectivity index (χ0n) is 16.8. The standard InChI is InChI=1S/C21H17F5N2O2S2/c1-20(21(24,25)26)9-14(13-6-7-15(22)16(23)17(13)30-2)18(32-20)19(29)28-11-4-3-5-12(8-11)31-10-27/h3-8,14,18H,9H2,1-2H3,(H,28,29)/t14-,18+,20+/m0/s1. The Morgan fingerprint density at radius 3 is 2.66 bits per heavy atom. The van der Waals surface area contributed by atoms with Crippen LogP contribution < -0.4 is 10.1 Å². The highest BCUT2D eigenvalue weighted by Crippen LogP contribution is 2.59. The van der Waals surface area contributed by atoms with Gasteiger partial charge in [-0.15, -0.1) is 11.8 Å². The van der Waals surface area contributed by atoms with Crippen molar-refractivity contribution in [3.8, 4) is 11.2 Å². The summed E-state index contributed by atoms with van der Waals surface area (Å²) in [6, 6.07) is 8.24. The van der Waals surface area contributed by atoms with Crippen LogP contribution in [0.2, 0.25) is 0 Å². The third-order valence-corrected chi connectivity index (χ3v) is 7.46. The highest BCUT2D eigenvalue weighted by molar-refractivity contribution is 8.03. The van der Waals surface area contributed by atoms with Crippen LogP contribution in [-0.4, -0.2) is 29.2 Å². The number of nitrogens with zero attached hydrogens (tertiary/aromatic N) is 1. The Kier molecular flexibility index (Phi) is 6.95. The van der Waals surface area contributed by atoms with Gasteiger partial charge in [-0.25, -0.2) is 4.39 Å². The van der Waals surface area contributed by atoms with E-state index >= 15 is 0 Å². The zero-order valence-corrected chi connectivity index (χ0v) is 18.4. The molecule has 170 valence electrons. The maximum Gasteiger partial charge on any atom is 0.403 e. The predicted molar refractivity (Wildman–Crippen MR) is 113 cm³/mol. The number of methoxy groups -OCH3 is 1. The molecule has 1 heterocycles. The average Bonchev–Trinajstić information content (AvgIpc) is 3.09. The minimum absolute atomic E-state index is 0.0131. The molecule has 0 saturated carbocycles. The number of hydrogen-bond donors (Lipinski definition) is 1. The van der Waals surface area contributed by atoms with E-state index in [0.717, 1.165) is 37.9 Å². The highest BCUT2D eigenvalue weighted by atomic mass is 32.2. The number of benzene rings is 2. The minimum atomic E-state index is -4.64. The molecule has 3 atom stereocenters. The minimum Gasteiger partial charge on any atom is -0.493 e. The summed E-state index contributed by atoms with van der Waals surface area (Å²) in [6.45, 7) is 0.981. The first-order chi connectivity index (χ1) is 15.0. The molecule has 1 saturated heterocycles. The van der Waals surface area contributed by atoms with Gasteiger partial charge in [0.05, 0.1) is 12.4 Å². The van der Waals surface area contributed by atoms with E-state index in [2.05, 4.69) is 5.32 Å². The van der Waals surface area contributed by atoms with E-state index in [4.69, 9.17) is 10.00 Å². The molecular formula is C21H17F5N2O2S2. The molecule has 1 aliphatic rings. The molecule has 3 rings (SSSR count). The van der Waals surface area contributed by atoms with Crippen molar-refractivity contribution in [1.29, 1.82) is 5.26 Å². The number of anilines is 1. The van der Waals surface area contributed by atoms with Gasteiger partial charge in [-0.2, -0.15) is 22.8 Å². The van der Waals surface area contributed by atoms with Crippen molar-refractivity contribution in [3.63, 3.8) is 0 Å². The number of alkyl halides is 3. The van der Waals surface area contributed by atoms with Crippen LogP contribution in [0.25, 0.3) is 0 Å². The lowest BCUT2D eigenvalue weighted by atomic mass is 9.85. The van der Waals surface area contributed by atoms with Crippen LogP contribution in [0.5, 0.6) is 5.75 Å². The van der Waals surface area contributed by atoms with Crippen molar-refractivity contribution in [2.45, 2.75) is 40.3 Å². The molecule has 1 N–H and O–H groups in total. The Bertz CT molecular complexity index is 1070. The lowest BCUT2D eigenvalue weighted by Crippen LogP contribution is -2.37. The summed E-state index contributed by atoms with van der Waals surface area (Å²) in [6.07, 6.45) is -5.16. The summed E-state index contributed by atoms with van der Waals surface area (Å²) in [5.41, 5.74) is 0.285. The van der Waals surface area contributed by atoms with E-state index in [1.54, 1.807) is 12.1 Å². The van der Waals surface area contributed by atoms with E-state index in [1.165, 1.54) is 12.1 Å². The van der Waals surface area contributed by atoms with Crippen LogP contribution in [0.1, 0.15) is 24.8 Å². The van der Waals surface area contributed by atoms with Gasteiger partial charge in [-0.3, -0.25) is 4.79 Å². The van der Waals surface area contributed by atoms with Gasteiger partial charge < -0.3 is 10.1 Å². The quantitative estimate of drug-likeness (QED) is 0.313. The van der Waals surface area contributed by atoms with Gasteiger partial charge in [0.2, 0.25) is 11.7 Å². The smallest absolute Gasteiger partial charge is 0.403 e. The second kappa shape index (κ2) is 9.19. The molecule has 1 amide bonds. The Labute approximate surface area is 189 Å². The average molecular weight is 489 g/mol. The summed E-state index contributed by atoms with van der Waals surface area (Å²) in [5.74, 6) is -4.86. The molecule has 1 fully saturated rings. The fourth-order valence-electron chi connectivity index (χ4n) is 3.58. The molecule has 11 heteroatoms. The number of thioether (sulfide) groups is 2. The van der Waals surface area contributed by atoms with Gasteiger partial charge in [0.25, 0.3) is 0 Å². The summed E-state index contributed by atoms with van der Waals surface area (Å²) in [5, 5.41) is 12.0. The van der Waals surface area contributed by atoms with Crippen molar-refractivity contribution < 1.29 is 31.5 Å². The van der Waals surface area contributed by atoms with Crippen molar-refractivity contribution >= 4 is 35.1 Å². The van der Waals surface area contributed by atoms with Crippen LogP contribution in [0, 0.1) is 22.3 Å². The number of carbonyl (C=O) groups excluding carboxylic acids is 1. The lowest BCUT2D eigenvalue weighted by molar-refractivity contribution is -0.155. The van der Waals surface area contributed by atoms with E-state index < -0.39 is 51.8 Å². The number of amides is 1. The maximum absolute atomic E-state index is 14.3. The van der Waals surface area contributed by atoms with Gasteiger partial charge in [0.1, 0.15) is 10.1 Å². The SMILES string of the molecule is COc1c([C@@H]2C[C@](C)(C(F)(F)F)S[C@H]2C(=O)Nc2cccc(SC#N)c2)ccc(F)c1F. The summed E-state index contributed by atoms with van der Waals surface area (Å²) in [4.78, 5) is 13.6. The van der Waals surface area contributed by atoms with Gasteiger partial charge in [-0.1, -0.05) is 12.1 Å². The van der Waals surface area contributed by atoms with Crippen LogP contribution in [0.4, 0.5) is 27.6 Å². The largest absolute Gasteiger partial charge is 0.493 e. The number of nitrogens with one attached hydrogen (secondary N) is 1. The first-order valence-electron chi connectivity index (χ1n) is 9.24. The predicted octanol–water partition coefficient (Wildman–Crippen LogP) is 6.10. The summed E-state index contributed by atoms with van der Waals surface area (Å²) >= 11 is 1.29. The topological polar surface area (TPSA) is 62.1 Å². The van der Waals surface area contributed by atoms with Gasteiger partial charge in [0.15, 0.2) is 11.6 Å². The molecule has 1 aliphatic heterocycles. The van der Waals surface area contributed by atoms with Crippen molar-refractivity contribution in [2.75, 3.05) is 12.4 Å². The van der Waals surface area contributed by atoms with Crippen molar-refractivity contribution in [2.24, 2.45) is 0 Å². The molecule has 2 aromatic rings. The molecule has 32 heavy (non-hydrogen) atoms. The van der Waals surface area contributed by atoms with E-state index in [9.17, 15) is 26.7 Å². The molecule has 0 aromatic heterocycles. The second-order valence-corrected chi connectivity index (χ2v) is 9.77. The third-order valence-electron chi connectivity index (χ3n) is 5.17. The Balaban J connectivity index is 2.00. The van der Waals surface area contributed by atoms with Crippen LogP contribution in [0.3, 0.4) is 0 Å². The number of nitriles is 1.